The summed E-state index contributed by atoms with van der Waals surface area (Å²) in [4.78, 5) is 17.5. The maximum absolute atomic E-state index is 11.8. The zero-order chi connectivity index (χ0) is 14.5. The van der Waals surface area contributed by atoms with Gasteiger partial charge in [0.15, 0.2) is 0 Å². The van der Waals surface area contributed by atoms with Crippen LogP contribution in [0.5, 0.6) is 0 Å². The number of hydrogen-bond donors (Lipinski definition) is 1. The number of aromatic nitrogens is 2. The number of nitrogens with two attached hydrogens (primary N) is 1. The topological polar surface area (TPSA) is 64.2 Å². The van der Waals surface area contributed by atoms with Crippen LogP contribution in [0.2, 0.25) is 0 Å². The lowest BCUT2D eigenvalue weighted by atomic mass is 10.0. The van der Waals surface area contributed by atoms with E-state index in [1.807, 2.05) is 34.9 Å². The van der Waals surface area contributed by atoms with Gasteiger partial charge in [0, 0.05) is 20.3 Å². The first-order chi connectivity index (χ1) is 9.58. The molecule has 1 atom stereocenters. The molecule has 0 radical (unpaired) electrons. The maximum Gasteiger partial charge on any atom is 0.242 e. The maximum atomic E-state index is 11.8. The third kappa shape index (κ3) is 3.45. The van der Waals surface area contributed by atoms with Gasteiger partial charge in [-0.25, -0.2) is 4.98 Å². The molecule has 2 aromatic rings. The largest absolute Gasteiger partial charge is 0.347 e. The monoisotopic (exact) mass is 272 g/mol. The van der Waals surface area contributed by atoms with Gasteiger partial charge in [0.2, 0.25) is 5.91 Å². The van der Waals surface area contributed by atoms with Crippen molar-refractivity contribution in [2.45, 2.75) is 19.0 Å². The fraction of sp³-hybridized carbons (Fsp3) is 0.333. The molecular formula is C15H20N4O. The van der Waals surface area contributed by atoms with Crippen molar-refractivity contribution in [3.05, 3.63) is 54.1 Å². The Hall–Kier alpha value is -2.14. The van der Waals surface area contributed by atoms with Gasteiger partial charge in [-0.1, -0.05) is 30.3 Å². The SMILES string of the molecule is CN(C)C(=O)Cn1cncc1[C@H](N)Cc1ccccc1. The van der Waals surface area contributed by atoms with Crippen LogP contribution < -0.4 is 5.73 Å². The Morgan fingerprint density at radius 1 is 1.35 bits per heavy atom. The van der Waals surface area contributed by atoms with Crippen molar-refractivity contribution in [3.8, 4) is 0 Å². The van der Waals surface area contributed by atoms with Gasteiger partial charge in [-0.15, -0.1) is 0 Å². The lowest BCUT2D eigenvalue weighted by Gasteiger charge is -2.16. The Kier molecular flexibility index (Phi) is 4.53. The summed E-state index contributed by atoms with van der Waals surface area (Å²) in [6.45, 7) is 0.269. The molecule has 0 aliphatic heterocycles. The minimum Gasteiger partial charge on any atom is -0.347 e. The molecule has 1 aromatic carbocycles. The van der Waals surface area contributed by atoms with Crippen LogP contribution in [0.15, 0.2) is 42.9 Å². The number of nitrogens with zero attached hydrogens (tertiary/aromatic N) is 3. The molecule has 0 aliphatic carbocycles. The average molecular weight is 272 g/mol. The summed E-state index contributed by atoms with van der Waals surface area (Å²) in [5, 5.41) is 0. The van der Waals surface area contributed by atoms with Crippen LogP contribution in [0.25, 0.3) is 0 Å². The normalized spacial score (nSPS) is 12.2. The standard InChI is InChI=1S/C15H20N4O/c1-18(2)15(20)10-19-11-17-9-14(19)13(16)8-12-6-4-3-5-7-12/h3-7,9,11,13H,8,10,16H2,1-2H3/t13-/m1/s1. The van der Waals surface area contributed by atoms with Gasteiger partial charge in [0.25, 0.3) is 0 Å². The van der Waals surface area contributed by atoms with Crippen molar-refractivity contribution in [1.82, 2.24) is 14.5 Å². The Morgan fingerprint density at radius 3 is 2.70 bits per heavy atom. The van der Waals surface area contributed by atoms with Crippen LogP contribution in [-0.2, 0) is 17.8 Å². The summed E-state index contributed by atoms with van der Waals surface area (Å²) in [6, 6.07) is 9.89. The average Bonchev–Trinajstić information content (AvgIpc) is 2.88. The van der Waals surface area contributed by atoms with Crippen LogP contribution in [0.4, 0.5) is 0 Å². The Bertz CT molecular complexity index is 562. The first kappa shape index (κ1) is 14.3. The molecular weight excluding hydrogens is 252 g/mol. The molecule has 2 rings (SSSR count). The molecule has 5 nitrogen and oxygen atoms in total. The van der Waals surface area contributed by atoms with Crippen molar-refractivity contribution in [2.24, 2.45) is 5.73 Å². The summed E-state index contributed by atoms with van der Waals surface area (Å²) in [5.41, 5.74) is 8.29. The molecule has 106 valence electrons. The van der Waals surface area contributed by atoms with E-state index < -0.39 is 0 Å². The number of hydrogen-bond acceptors (Lipinski definition) is 3. The Balaban J connectivity index is 2.09. The van der Waals surface area contributed by atoms with Gasteiger partial charge in [-0.3, -0.25) is 4.79 Å². The Morgan fingerprint density at radius 2 is 2.05 bits per heavy atom. The third-order valence-electron chi connectivity index (χ3n) is 3.23. The first-order valence-electron chi connectivity index (χ1n) is 6.57. The van der Waals surface area contributed by atoms with Gasteiger partial charge in [0.05, 0.1) is 18.1 Å². The molecule has 0 unspecified atom stereocenters. The fourth-order valence-corrected chi connectivity index (χ4v) is 2.03. The van der Waals surface area contributed by atoms with Crippen molar-refractivity contribution in [1.29, 1.82) is 0 Å². The van der Waals surface area contributed by atoms with E-state index in [1.165, 1.54) is 5.56 Å². The van der Waals surface area contributed by atoms with Crippen LogP contribution in [0.3, 0.4) is 0 Å². The van der Waals surface area contributed by atoms with E-state index in [0.29, 0.717) is 0 Å². The first-order valence-corrected chi connectivity index (χ1v) is 6.57. The fourth-order valence-electron chi connectivity index (χ4n) is 2.03. The van der Waals surface area contributed by atoms with Crippen molar-refractivity contribution >= 4 is 5.91 Å². The molecule has 0 bridgehead atoms. The molecule has 0 saturated heterocycles. The van der Waals surface area contributed by atoms with E-state index in [0.717, 1.165) is 12.1 Å². The van der Waals surface area contributed by atoms with Crippen LogP contribution >= 0.6 is 0 Å². The van der Waals surface area contributed by atoms with E-state index in [4.69, 9.17) is 5.73 Å². The molecule has 1 heterocycles. The number of carbonyl (C=O) groups is 1. The van der Waals surface area contributed by atoms with Gasteiger partial charge < -0.3 is 15.2 Å². The van der Waals surface area contributed by atoms with Crippen molar-refractivity contribution < 1.29 is 4.79 Å². The molecule has 0 saturated carbocycles. The molecule has 0 aliphatic rings. The predicted molar refractivity (Wildman–Crippen MR) is 78.0 cm³/mol. The van der Waals surface area contributed by atoms with E-state index in [2.05, 4.69) is 4.98 Å². The van der Waals surface area contributed by atoms with Crippen molar-refractivity contribution in [2.75, 3.05) is 14.1 Å². The van der Waals surface area contributed by atoms with Gasteiger partial charge >= 0.3 is 0 Å². The summed E-state index contributed by atoms with van der Waals surface area (Å²) < 4.78 is 1.82. The minimum atomic E-state index is -0.171. The van der Waals surface area contributed by atoms with Crippen LogP contribution in [0, 0.1) is 0 Å². The van der Waals surface area contributed by atoms with E-state index in [1.54, 1.807) is 31.5 Å². The molecule has 0 fully saturated rings. The highest BCUT2D eigenvalue weighted by atomic mass is 16.2. The van der Waals surface area contributed by atoms with Crippen LogP contribution in [-0.4, -0.2) is 34.5 Å². The lowest BCUT2D eigenvalue weighted by Crippen LogP contribution is -2.28. The third-order valence-corrected chi connectivity index (χ3v) is 3.23. The van der Waals surface area contributed by atoms with E-state index in [-0.39, 0.29) is 18.5 Å². The number of benzene rings is 1. The molecule has 0 spiro atoms. The van der Waals surface area contributed by atoms with Gasteiger partial charge in [-0.05, 0) is 12.0 Å². The number of imidazole rings is 1. The quantitative estimate of drug-likeness (QED) is 0.890. The highest BCUT2D eigenvalue weighted by Gasteiger charge is 2.14. The number of carbonyl (C=O) groups excluding carboxylic acids is 1. The molecule has 2 N–H and O–H groups in total. The summed E-state index contributed by atoms with van der Waals surface area (Å²) in [5.74, 6) is 0.0242. The molecule has 1 amide bonds. The van der Waals surface area contributed by atoms with Crippen LogP contribution in [0.1, 0.15) is 17.3 Å². The van der Waals surface area contributed by atoms with Gasteiger partial charge in [0.1, 0.15) is 6.54 Å². The second-order valence-electron chi connectivity index (χ2n) is 5.03. The summed E-state index contributed by atoms with van der Waals surface area (Å²) >= 11 is 0. The minimum absolute atomic E-state index is 0.0242. The smallest absolute Gasteiger partial charge is 0.242 e. The Labute approximate surface area is 119 Å². The number of rotatable bonds is 5. The van der Waals surface area contributed by atoms with E-state index >= 15 is 0 Å². The molecule has 20 heavy (non-hydrogen) atoms. The highest BCUT2D eigenvalue weighted by molar-refractivity contribution is 5.75. The number of amides is 1. The highest BCUT2D eigenvalue weighted by Crippen LogP contribution is 2.15. The van der Waals surface area contributed by atoms with Crippen molar-refractivity contribution in [3.63, 3.8) is 0 Å². The molecule has 5 heteroatoms. The number of likely N-dealkylation sites (N-methyl/N-ethyl adjacent to an activating group) is 1. The predicted octanol–water partition coefficient (Wildman–Crippen LogP) is 1.21. The second kappa shape index (κ2) is 6.34. The zero-order valence-corrected chi connectivity index (χ0v) is 11.9. The summed E-state index contributed by atoms with van der Waals surface area (Å²) in [7, 11) is 3.48. The lowest BCUT2D eigenvalue weighted by molar-refractivity contribution is -0.129. The van der Waals surface area contributed by atoms with Gasteiger partial charge in [-0.2, -0.15) is 0 Å². The van der Waals surface area contributed by atoms with E-state index in [9.17, 15) is 4.79 Å². The zero-order valence-electron chi connectivity index (χ0n) is 11.9. The molecule has 1 aromatic heterocycles. The summed E-state index contributed by atoms with van der Waals surface area (Å²) in [6.07, 6.45) is 4.11. The second-order valence-corrected chi connectivity index (χ2v) is 5.03.